The average Bonchev–Trinajstić information content (AvgIpc) is 2.29. The van der Waals surface area contributed by atoms with E-state index < -0.39 is 6.03 Å². The number of carbonyl (C=O) groups excluding carboxylic acids is 1. The second-order valence-corrected chi connectivity index (χ2v) is 5.14. The van der Waals surface area contributed by atoms with Crippen LogP contribution in [0.25, 0.3) is 0 Å². The molecule has 0 saturated carbocycles. The number of urea groups is 1. The molecule has 2 amide bonds. The van der Waals surface area contributed by atoms with Gasteiger partial charge in [-0.2, -0.15) is 0 Å². The predicted molar refractivity (Wildman–Crippen MR) is 72.7 cm³/mol. The Morgan fingerprint density at radius 3 is 2.44 bits per heavy atom. The van der Waals surface area contributed by atoms with Gasteiger partial charge in [-0.1, -0.05) is 26.0 Å². The van der Waals surface area contributed by atoms with Crippen molar-refractivity contribution in [1.82, 2.24) is 5.32 Å². The fraction of sp³-hybridized carbons (Fsp3) is 0.500. The van der Waals surface area contributed by atoms with E-state index in [4.69, 9.17) is 10.5 Å². The first-order valence-corrected chi connectivity index (χ1v) is 6.18. The lowest BCUT2D eigenvalue weighted by molar-refractivity contribution is 0.241. The number of amides is 2. The molecule has 0 heterocycles. The SMILES string of the molecule is CCOc1ccc(CC(C)(C)CNC(N)=O)cc1. The molecule has 0 aliphatic heterocycles. The third kappa shape index (κ3) is 5.08. The van der Waals surface area contributed by atoms with Crippen LogP contribution in [-0.2, 0) is 6.42 Å². The molecule has 100 valence electrons. The molecule has 1 rings (SSSR count). The number of benzene rings is 1. The van der Waals surface area contributed by atoms with E-state index in [0.717, 1.165) is 12.2 Å². The molecule has 18 heavy (non-hydrogen) atoms. The lowest BCUT2D eigenvalue weighted by atomic mass is 9.86. The normalized spacial score (nSPS) is 11.1. The van der Waals surface area contributed by atoms with Crippen LogP contribution in [0.1, 0.15) is 26.3 Å². The Bertz CT molecular complexity index is 385. The predicted octanol–water partition coefficient (Wildman–Crippen LogP) is 2.32. The Kier molecular flexibility index (Phi) is 5.01. The van der Waals surface area contributed by atoms with Gasteiger partial charge in [-0.25, -0.2) is 4.79 Å². The van der Waals surface area contributed by atoms with Crippen LogP contribution in [0, 0.1) is 5.41 Å². The highest BCUT2D eigenvalue weighted by Crippen LogP contribution is 2.22. The van der Waals surface area contributed by atoms with Crippen molar-refractivity contribution in [2.75, 3.05) is 13.2 Å². The summed E-state index contributed by atoms with van der Waals surface area (Å²) in [6, 6.07) is 7.57. The van der Waals surface area contributed by atoms with E-state index in [0.29, 0.717) is 13.2 Å². The molecule has 0 aliphatic rings. The quantitative estimate of drug-likeness (QED) is 0.813. The minimum atomic E-state index is -0.477. The second kappa shape index (κ2) is 6.28. The minimum Gasteiger partial charge on any atom is -0.494 e. The van der Waals surface area contributed by atoms with E-state index in [1.165, 1.54) is 5.56 Å². The number of carbonyl (C=O) groups is 1. The fourth-order valence-electron chi connectivity index (χ4n) is 1.81. The zero-order valence-electron chi connectivity index (χ0n) is 11.3. The largest absolute Gasteiger partial charge is 0.494 e. The molecule has 1 aromatic rings. The first-order valence-electron chi connectivity index (χ1n) is 6.18. The monoisotopic (exact) mass is 250 g/mol. The van der Waals surface area contributed by atoms with Crippen molar-refractivity contribution in [2.45, 2.75) is 27.2 Å². The van der Waals surface area contributed by atoms with Gasteiger partial charge in [0.05, 0.1) is 6.61 Å². The summed E-state index contributed by atoms with van der Waals surface area (Å²) in [7, 11) is 0. The number of hydrogen-bond acceptors (Lipinski definition) is 2. The first-order chi connectivity index (χ1) is 8.43. The number of hydrogen-bond donors (Lipinski definition) is 2. The summed E-state index contributed by atoms with van der Waals surface area (Å²) >= 11 is 0. The third-order valence-corrected chi connectivity index (χ3v) is 2.66. The molecule has 0 fully saturated rings. The minimum absolute atomic E-state index is 0.0256. The topological polar surface area (TPSA) is 64.3 Å². The van der Waals surface area contributed by atoms with Gasteiger partial charge in [0.15, 0.2) is 0 Å². The summed E-state index contributed by atoms with van der Waals surface area (Å²) in [5.74, 6) is 0.884. The van der Waals surface area contributed by atoms with Crippen molar-refractivity contribution in [1.29, 1.82) is 0 Å². The van der Waals surface area contributed by atoms with Gasteiger partial charge in [-0.15, -0.1) is 0 Å². The number of ether oxygens (including phenoxy) is 1. The van der Waals surface area contributed by atoms with Crippen LogP contribution >= 0.6 is 0 Å². The Morgan fingerprint density at radius 1 is 1.33 bits per heavy atom. The maximum absolute atomic E-state index is 10.7. The number of primary amides is 1. The zero-order valence-corrected chi connectivity index (χ0v) is 11.3. The van der Waals surface area contributed by atoms with Gasteiger partial charge in [0, 0.05) is 6.54 Å². The van der Waals surface area contributed by atoms with Crippen LogP contribution in [0.2, 0.25) is 0 Å². The van der Waals surface area contributed by atoms with E-state index in [9.17, 15) is 4.79 Å². The zero-order chi connectivity index (χ0) is 13.6. The highest BCUT2D eigenvalue weighted by Gasteiger charge is 2.18. The second-order valence-electron chi connectivity index (χ2n) is 5.14. The average molecular weight is 250 g/mol. The van der Waals surface area contributed by atoms with Gasteiger partial charge in [-0.3, -0.25) is 0 Å². The van der Waals surface area contributed by atoms with Gasteiger partial charge in [0.25, 0.3) is 0 Å². The summed E-state index contributed by atoms with van der Waals surface area (Å²) in [6.45, 7) is 7.40. The van der Waals surface area contributed by atoms with Crippen molar-refractivity contribution in [3.63, 3.8) is 0 Å². The van der Waals surface area contributed by atoms with E-state index in [1.807, 2.05) is 19.1 Å². The van der Waals surface area contributed by atoms with E-state index in [2.05, 4.69) is 31.3 Å². The third-order valence-electron chi connectivity index (χ3n) is 2.66. The molecule has 0 saturated heterocycles. The van der Waals surface area contributed by atoms with E-state index >= 15 is 0 Å². The van der Waals surface area contributed by atoms with Gasteiger partial charge >= 0.3 is 6.03 Å². The molecular formula is C14H22N2O2. The Hall–Kier alpha value is -1.71. The van der Waals surface area contributed by atoms with Crippen LogP contribution in [0.5, 0.6) is 5.75 Å². The highest BCUT2D eigenvalue weighted by atomic mass is 16.5. The lowest BCUT2D eigenvalue weighted by Crippen LogP contribution is -2.38. The fourth-order valence-corrected chi connectivity index (χ4v) is 1.81. The summed E-state index contributed by atoms with van der Waals surface area (Å²) in [6.07, 6.45) is 0.875. The summed E-state index contributed by atoms with van der Waals surface area (Å²) in [5, 5.41) is 2.65. The van der Waals surface area contributed by atoms with Crippen LogP contribution in [0.4, 0.5) is 4.79 Å². The van der Waals surface area contributed by atoms with Crippen LogP contribution in [0.15, 0.2) is 24.3 Å². The maximum Gasteiger partial charge on any atom is 0.312 e. The van der Waals surface area contributed by atoms with Crippen LogP contribution in [-0.4, -0.2) is 19.2 Å². The van der Waals surface area contributed by atoms with Gasteiger partial charge < -0.3 is 15.8 Å². The number of nitrogens with one attached hydrogen (secondary N) is 1. The Labute approximate surface area is 109 Å². The van der Waals surface area contributed by atoms with Crippen molar-refractivity contribution >= 4 is 6.03 Å². The number of rotatable bonds is 6. The van der Waals surface area contributed by atoms with Gasteiger partial charge in [0.1, 0.15) is 5.75 Å². The van der Waals surface area contributed by atoms with E-state index in [-0.39, 0.29) is 5.41 Å². The van der Waals surface area contributed by atoms with Crippen LogP contribution in [0.3, 0.4) is 0 Å². The van der Waals surface area contributed by atoms with Crippen molar-refractivity contribution in [3.05, 3.63) is 29.8 Å². The molecule has 3 N–H and O–H groups in total. The summed E-state index contributed by atoms with van der Waals surface area (Å²) < 4.78 is 5.40. The first kappa shape index (κ1) is 14.4. The highest BCUT2D eigenvalue weighted by molar-refractivity contribution is 5.71. The van der Waals surface area contributed by atoms with Crippen molar-refractivity contribution < 1.29 is 9.53 Å². The van der Waals surface area contributed by atoms with Gasteiger partial charge in [0.2, 0.25) is 0 Å². The van der Waals surface area contributed by atoms with Gasteiger partial charge in [-0.05, 0) is 36.5 Å². The van der Waals surface area contributed by atoms with Crippen molar-refractivity contribution in [3.8, 4) is 5.75 Å². The molecule has 4 nitrogen and oxygen atoms in total. The van der Waals surface area contributed by atoms with Crippen LogP contribution < -0.4 is 15.8 Å². The Morgan fingerprint density at radius 2 is 1.94 bits per heavy atom. The molecule has 0 atom stereocenters. The molecule has 4 heteroatoms. The molecule has 0 bridgehead atoms. The molecule has 0 aromatic heterocycles. The molecule has 0 radical (unpaired) electrons. The van der Waals surface area contributed by atoms with E-state index in [1.54, 1.807) is 0 Å². The smallest absolute Gasteiger partial charge is 0.312 e. The lowest BCUT2D eigenvalue weighted by Gasteiger charge is -2.24. The molecule has 0 aliphatic carbocycles. The van der Waals surface area contributed by atoms with Crippen molar-refractivity contribution in [2.24, 2.45) is 11.1 Å². The summed E-state index contributed by atoms with van der Waals surface area (Å²) in [5.41, 5.74) is 6.27. The summed E-state index contributed by atoms with van der Waals surface area (Å²) in [4.78, 5) is 10.7. The number of nitrogens with two attached hydrogens (primary N) is 1. The molecule has 1 aromatic carbocycles. The molecule has 0 unspecified atom stereocenters. The maximum atomic E-state index is 10.7. The Balaban J connectivity index is 2.57. The molecule has 0 spiro atoms. The molecular weight excluding hydrogens is 228 g/mol. The standard InChI is InChI=1S/C14H22N2O2/c1-4-18-12-7-5-11(6-8-12)9-14(2,3)10-16-13(15)17/h5-8H,4,9-10H2,1-3H3,(H3,15,16,17).